The van der Waals surface area contributed by atoms with Crippen LogP contribution in [0.15, 0.2) is 127 Å². The van der Waals surface area contributed by atoms with E-state index in [0.717, 1.165) is 12.8 Å². The standard InChI is InChI=1S/C76H91BN4/c1-48-41-49(2)68-59(42-48)74(16)38-20-22-40-76(74,18)81(68)57-46-65-67-66(47-57)79(55-31-25-51(26-32-55)70(6,7)8)64-36-33-56(80-62-34-27-52(71(9,10)11)43-58(62)73(15)37-19-21-39-75(73,80)17)45-61(64)77(67)60-44-53(72(12,13)14)28-35-63(60)78(65)54-29-23-50(24-30-54)69(3,4)5/h23-36,41-47H,19-22,37-40H2,1-18H3. The maximum atomic E-state index is 2.86. The summed E-state index contributed by atoms with van der Waals surface area (Å²) in [6.07, 6.45) is 9.66. The number of hydrogen-bond donors (Lipinski definition) is 0. The third-order valence-corrected chi connectivity index (χ3v) is 21.9. The summed E-state index contributed by atoms with van der Waals surface area (Å²) in [6, 6.07) is 52.3. The summed E-state index contributed by atoms with van der Waals surface area (Å²) < 4.78 is 0. The Morgan fingerprint density at radius 2 is 0.790 bits per heavy atom. The van der Waals surface area contributed by atoms with Crippen molar-refractivity contribution < 1.29 is 0 Å². The van der Waals surface area contributed by atoms with Gasteiger partial charge in [0.25, 0.3) is 6.71 Å². The number of fused-ring (bicyclic) bond motifs is 10. The lowest BCUT2D eigenvalue weighted by Gasteiger charge is -2.51. The molecular formula is C76H91BN4. The van der Waals surface area contributed by atoms with Gasteiger partial charge >= 0.3 is 0 Å². The summed E-state index contributed by atoms with van der Waals surface area (Å²) in [7, 11) is 0. The molecule has 7 aromatic rings. The number of anilines is 10. The minimum Gasteiger partial charge on any atom is -0.334 e. The van der Waals surface area contributed by atoms with Gasteiger partial charge in [0.15, 0.2) is 0 Å². The zero-order chi connectivity index (χ0) is 57.5. The fourth-order valence-corrected chi connectivity index (χ4v) is 16.7. The molecule has 0 bridgehead atoms. The summed E-state index contributed by atoms with van der Waals surface area (Å²) >= 11 is 0. The third kappa shape index (κ3) is 7.81. The Balaban J connectivity index is 1.14. The lowest BCUT2D eigenvalue weighted by atomic mass is 9.33. The number of benzene rings is 7. The van der Waals surface area contributed by atoms with Gasteiger partial charge in [0, 0.05) is 67.7 Å². The summed E-state index contributed by atoms with van der Waals surface area (Å²) in [5, 5.41) is 0. The first-order valence-corrected chi connectivity index (χ1v) is 31.1. The Morgan fingerprint density at radius 3 is 1.31 bits per heavy atom. The first kappa shape index (κ1) is 54.1. The van der Waals surface area contributed by atoms with Gasteiger partial charge in [-0.25, -0.2) is 0 Å². The topological polar surface area (TPSA) is 13.0 Å². The second-order valence-electron chi connectivity index (χ2n) is 31.1. The molecule has 0 N–H and O–H groups in total. The van der Waals surface area contributed by atoms with Gasteiger partial charge in [-0.05, 0) is 197 Å². The van der Waals surface area contributed by atoms with Gasteiger partial charge in [0.05, 0.1) is 11.1 Å². The summed E-state index contributed by atoms with van der Waals surface area (Å²) in [5.74, 6) is 0. The average molecular weight is 1070 g/mol. The molecule has 13 rings (SSSR count). The van der Waals surface area contributed by atoms with Crippen LogP contribution in [0.1, 0.15) is 207 Å². The molecule has 7 aromatic carbocycles. The SMILES string of the molecule is Cc1cc(C)c2c(c1)C1(C)CCCCC1(C)N2c1cc2c3c(c1)N(c1ccc(C(C)(C)C)cc1)c1ccc(C(C)(C)C)cc1B3c1cc(N3c4ccc(C(C)(C)C)cc4C4(C)CCCCC34C)ccc1N2c1ccc(C(C)(C)C)cc1. The molecule has 418 valence electrons. The Kier molecular flexibility index (Phi) is 11.8. The minimum absolute atomic E-state index is 0.00708. The van der Waals surface area contributed by atoms with Crippen LogP contribution in [0.25, 0.3) is 0 Å². The van der Waals surface area contributed by atoms with E-state index < -0.39 is 0 Å². The van der Waals surface area contributed by atoms with Gasteiger partial charge in [0.1, 0.15) is 0 Å². The smallest absolute Gasteiger partial charge is 0.252 e. The lowest BCUT2D eigenvalue weighted by Crippen LogP contribution is -2.62. The number of hydrogen-bond acceptors (Lipinski definition) is 4. The van der Waals surface area contributed by atoms with Crippen molar-refractivity contribution in [3.8, 4) is 0 Å². The van der Waals surface area contributed by atoms with Crippen molar-refractivity contribution in [3.63, 3.8) is 0 Å². The minimum atomic E-state index is -0.135. The van der Waals surface area contributed by atoms with E-state index in [1.165, 1.54) is 156 Å². The fourth-order valence-electron chi connectivity index (χ4n) is 16.7. The Hall–Kier alpha value is -6.20. The number of nitrogens with zero attached hydrogens (tertiary/aromatic N) is 4. The highest BCUT2D eigenvalue weighted by Crippen LogP contribution is 2.64. The highest BCUT2D eigenvalue weighted by molar-refractivity contribution is 7.00. The van der Waals surface area contributed by atoms with E-state index in [1.54, 1.807) is 0 Å². The molecule has 4 aliphatic heterocycles. The molecule has 4 heterocycles. The predicted octanol–water partition coefficient (Wildman–Crippen LogP) is 19.1. The lowest BCUT2D eigenvalue weighted by molar-refractivity contribution is 0.195. The third-order valence-electron chi connectivity index (χ3n) is 21.9. The first-order chi connectivity index (χ1) is 38.0. The van der Waals surface area contributed by atoms with Crippen LogP contribution >= 0.6 is 0 Å². The van der Waals surface area contributed by atoms with Crippen LogP contribution in [0.3, 0.4) is 0 Å². The summed E-state index contributed by atoms with van der Waals surface area (Å²) in [5.41, 5.74) is 28.0. The Morgan fingerprint density at radius 1 is 0.370 bits per heavy atom. The van der Waals surface area contributed by atoms with E-state index in [9.17, 15) is 0 Å². The van der Waals surface area contributed by atoms with E-state index >= 15 is 0 Å². The van der Waals surface area contributed by atoms with Crippen LogP contribution < -0.4 is 36.0 Å². The van der Waals surface area contributed by atoms with Gasteiger partial charge in [-0.15, -0.1) is 0 Å². The Labute approximate surface area is 488 Å². The van der Waals surface area contributed by atoms with Gasteiger partial charge in [-0.3, -0.25) is 0 Å². The van der Waals surface area contributed by atoms with Gasteiger partial charge in [0.2, 0.25) is 0 Å². The second kappa shape index (κ2) is 17.7. The summed E-state index contributed by atoms with van der Waals surface area (Å²) in [6.45, 7) is 43.3. The van der Waals surface area contributed by atoms with E-state index in [0.29, 0.717) is 0 Å². The van der Waals surface area contributed by atoms with Crippen LogP contribution in [0.2, 0.25) is 0 Å². The molecule has 4 nitrogen and oxygen atoms in total. The van der Waals surface area contributed by atoms with Gasteiger partial charge < -0.3 is 19.6 Å². The predicted molar refractivity (Wildman–Crippen MR) is 350 cm³/mol. The van der Waals surface area contributed by atoms with Crippen LogP contribution in [0.4, 0.5) is 56.9 Å². The largest absolute Gasteiger partial charge is 0.334 e. The van der Waals surface area contributed by atoms with Crippen molar-refractivity contribution in [2.75, 3.05) is 19.6 Å². The van der Waals surface area contributed by atoms with Crippen molar-refractivity contribution in [2.45, 2.75) is 220 Å². The monoisotopic (exact) mass is 1070 g/mol. The van der Waals surface area contributed by atoms with Crippen LogP contribution in [-0.4, -0.2) is 17.8 Å². The molecule has 0 spiro atoms. The molecule has 2 saturated carbocycles. The van der Waals surface area contributed by atoms with Gasteiger partial charge in [-0.1, -0.05) is 189 Å². The maximum Gasteiger partial charge on any atom is 0.252 e. The zero-order valence-electron chi connectivity index (χ0n) is 52.6. The second-order valence-corrected chi connectivity index (χ2v) is 31.1. The van der Waals surface area contributed by atoms with Crippen molar-refractivity contribution in [2.24, 2.45) is 0 Å². The normalized spacial score (nSPS) is 23.9. The molecule has 81 heavy (non-hydrogen) atoms. The van der Waals surface area contributed by atoms with Crippen LogP contribution in [0, 0.1) is 13.8 Å². The Bertz CT molecular complexity index is 3690. The molecular weight excluding hydrogens is 980 g/mol. The molecule has 4 unspecified atom stereocenters. The van der Waals surface area contributed by atoms with Crippen LogP contribution in [0.5, 0.6) is 0 Å². The highest BCUT2D eigenvalue weighted by atomic mass is 15.3. The molecule has 6 aliphatic rings. The number of rotatable bonds is 4. The molecule has 0 amide bonds. The van der Waals surface area contributed by atoms with E-state index in [1.807, 2.05) is 0 Å². The molecule has 0 aromatic heterocycles. The van der Waals surface area contributed by atoms with Crippen LogP contribution in [-0.2, 0) is 32.5 Å². The molecule has 2 aliphatic carbocycles. The quantitative estimate of drug-likeness (QED) is 0.163. The molecule has 0 radical (unpaired) electrons. The maximum absolute atomic E-state index is 2.86. The first-order valence-electron chi connectivity index (χ1n) is 31.1. The van der Waals surface area contributed by atoms with E-state index in [4.69, 9.17) is 0 Å². The van der Waals surface area contributed by atoms with Crippen molar-refractivity contribution in [1.29, 1.82) is 0 Å². The molecule has 5 heteroatoms. The average Bonchev–Trinajstić information content (AvgIpc) is 1.95. The van der Waals surface area contributed by atoms with Crippen molar-refractivity contribution in [1.82, 2.24) is 0 Å². The molecule has 4 atom stereocenters. The highest BCUT2D eigenvalue weighted by Gasteiger charge is 2.60. The zero-order valence-corrected chi connectivity index (χ0v) is 52.6. The van der Waals surface area contributed by atoms with Crippen molar-refractivity contribution in [3.05, 3.63) is 172 Å². The number of aryl methyl sites for hydroxylation is 2. The fraction of sp³-hybridized carbons (Fsp3) is 0.447. The van der Waals surface area contributed by atoms with E-state index in [-0.39, 0.29) is 50.3 Å². The molecule has 2 fully saturated rings. The molecule has 0 saturated heterocycles. The van der Waals surface area contributed by atoms with Crippen molar-refractivity contribution >= 4 is 80.0 Å². The summed E-state index contributed by atoms with van der Waals surface area (Å²) in [4.78, 5) is 11.0. The van der Waals surface area contributed by atoms with E-state index in [2.05, 4.69) is 272 Å². The van der Waals surface area contributed by atoms with Gasteiger partial charge in [-0.2, -0.15) is 0 Å².